The van der Waals surface area contributed by atoms with E-state index in [-0.39, 0.29) is 5.41 Å². The fraction of sp³-hybridized carbons (Fsp3) is 0.500. The lowest BCUT2D eigenvalue weighted by molar-refractivity contribution is -1.92. The van der Waals surface area contributed by atoms with E-state index in [4.69, 9.17) is 23.4 Å². The second kappa shape index (κ2) is 6.67. The van der Waals surface area contributed by atoms with Crippen LogP contribution in [0.15, 0.2) is 30.0 Å². The Morgan fingerprint density at radius 1 is 1.26 bits per heavy atom. The third kappa shape index (κ3) is 4.37. The molecule has 1 N–H and O–H groups in total. The van der Waals surface area contributed by atoms with E-state index in [0.717, 1.165) is 18.7 Å². The molecule has 1 unspecified atom stereocenters. The zero-order valence-corrected chi connectivity index (χ0v) is 14.3. The van der Waals surface area contributed by atoms with E-state index >= 15 is 0 Å². The molecule has 0 saturated carbocycles. The van der Waals surface area contributed by atoms with Gasteiger partial charge in [0.2, 0.25) is 0 Å². The van der Waals surface area contributed by atoms with E-state index in [2.05, 4.69) is 43.3 Å². The van der Waals surface area contributed by atoms with Crippen molar-refractivity contribution in [2.75, 3.05) is 20.7 Å². The van der Waals surface area contributed by atoms with Crippen LogP contribution in [0, 0.1) is 10.2 Å². The summed E-state index contributed by atoms with van der Waals surface area (Å²) < 4.78 is 38.1. The van der Waals surface area contributed by atoms with Crippen molar-refractivity contribution in [1.29, 1.82) is 0 Å². The van der Waals surface area contributed by atoms with E-state index in [1.54, 1.807) is 12.7 Å². The zero-order valence-electron chi connectivity index (χ0n) is 13.5. The van der Waals surface area contributed by atoms with Gasteiger partial charge < -0.3 is 9.64 Å². The van der Waals surface area contributed by atoms with Crippen LogP contribution in [-0.4, -0.2) is 30.3 Å². The minimum Gasteiger partial charge on any atom is -0.497 e. The van der Waals surface area contributed by atoms with Gasteiger partial charge in [0.15, 0.2) is 0 Å². The summed E-state index contributed by atoms with van der Waals surface area (Å²) in [6, 6.07) is 6.58. The number of hydrogen-bond acceptors (Lipinski definition) is 6. The van der Waals surface area contributed by atoms with Gasteiger partial charge in [0.25, 0.3) is 0 Å². The number of fused-ring (bicyclic) bond motifs is 3. The number of allylic oxidation sites excluding steroid dienone is 1. The van der Waals surface area contributed by atoms with Crippen molar-refractivity contribution in [3.05, 3.63) is 41.1 Å². The fourth-order valence-electron chi connectivity index (χ4n) is 3.37. The first kappa shape index (κ1) is 18.0. The van der Waals surface area contributed by atoms with E-state index in [9.17, 15) is 0 Å². The molecule has 1 aromatic rings. The third-order valence-corrected chi connectivity index (χ3v) is 4.62. The van der Waals surface area contributed by atoms with Crippen LogP contribution in [0.3, 0.4) is 0 Å². The van der Waals surface area contributed by atoms with E-state index in [1.807, 2.05) is 0 Å². The first-order chi connectivity index (χ1) is 10.6. The minimum atomic E-state index is -4.69. The molecule has 128 valence electrons. The Hall–Kier alpha value is -1.31. The summed E-state index contributed by atoms with van der Waals surface area (Å²) in [4.78, 5) is 2.32. The highest BCUT2D eigenvalue weighted by atomic mass is 35.7. The van der Waals surface area contributed by atoms with Crippen LogP contribution in [0.1, 0.15) is 30.9 Å². The highest BCUT2D eigenvalue weighted by Crippen LogP contribution is 2.46. The molecule has 23 heavy (non-hydrogen) atoms. The molecule has 1 aromatic carbocycles. The topological polar surface area (TPSA) is 102 Å². The van der Waals surface area contributed by atoms with Crippen molar-refractivity contribution in [3.8, 4) is 5.75 Å². The van der Waals surface area contributed by atoms with Crippen LogP contribution in [0.25, 0.3) is 0 Å². The lowest BCUT2D eigenvalue weighted by atomic mass is 9.65. The zero-order chi connectivity index (χ0) is 17.3. The van der Waals surface area contributed by atoms with Gasteiger partial charge in [0, 0.05) is 19.0 Å². The molecule has 0 radical (unpaired) electrons. The molecule has 0 spiro atoms. The van der Waals surface area contributed by atoms with Crippen LogP contribution >= 0.6 is 0 Å². The number of aryl methyl sites for hydroxylation is 1. The standard InChI is InChI=1S/C16H21NO.ClHO4/c1-16-8-9-17(2)11-13(16)6-4-12-5-7-14(18-3)10-15(12)16;2-1(3,4)5/h5,7,10-11H,4,6,8-9H2,1-3H3;(H,2,3,4,5). The Morgan fingerprint density at radius 3 is 2.52 bits per heavy atom. The van der Waals surface area contributed by atoms with E-state index in [0.29, 0.717) is 0 Å². The summed E-state index contributed by atoms with van der Waals surface area (Å²) in [7, 11) is -0.772. The van der Waals surface area contributed by atoms with Crippen molar-refractivity contribution in [3.63, 3.8) is 0 Å². The number of halogens is 1. The quantitative estimate of drug-likeness (QED) is 0.701. The van der Waals surface area contributed by atoms with Crippen LogP contribution in [0.4, 0.5) is 0 Å². The molecule has 7 heteroatoms. The predicted molar refractivity (Wildman–Crippen MR) is 76.2 cm³/mol. The SMILES string of the molecule is COc1ccc2c(c1)C1(C)CCN(C)C=C1CC2.[O-][Cl+3]([O-])([O-])O. The van der Waals surface area contributed by atoms with Gasteiger partial charge in [0.05, 0.1) is 22.0 Å². The second-order valence-electron chi connectivity index (χ2n) is 6.14. The first-order valence-electron chi connectivity index (χ1n) is 7.35. The smallest absolute Gasteiger partial charge is 0.119 e. The maximum absolute atomic E-state index is 8.60. The van der Waals surface area contributed by atoms with Gasteiger partial charge in [0.1, 0.15) is 5.75 Å². The van der Waals surface area contributed by atoms with Gasteiger partial charge in [-0.2, -0.15) is 14.0 Å². The number of nitrogens with zero attached hydrogens (tertiary/aromatic N) is 1. The molecular weight excluding hydrogens is 322 g/mol. The summed E-state index contributed by atoms with van der Waals surface area (Å²) in [5, 5.41) is 0. The van der Waals surface area contributed by atoms with Crippen LogP contribution in [0.5, 0.6) is 5.75 Å². The van der Waals surface area contributed by atoms with Crippen molar-refractivity contribution >= 4 is 0 Å². The number of methoxy groups -OCH3 is 1. The largest absolute Gasteiger partial charge is 0.497 e. The molecule has 0 aromatic heterocycles. The Morgan fingerprint density at radius 2 is 1.91 bits per heavy atom. The van der Waals surface area contributed by atoms with Gasteiger partial charge in [-0.1, -0.05) is 13.0 Å². The fourth-order valence-corrected chi connectivity index (χ4v) is 3.37. The molecule has 1 heterocycles. The Labute approximate surface area is 138 Å². The monoisotopic (exact) mass is 343 g/mol. The van der Waals surface area contributed by atoms with Crippen molar-refractivity contribution in [2.24, 2.45) is 0 Å². The third-order valence-electron chi connectivity index (χ3n) is 4.62. The van der Waals surface area contributed by atoms with Crippen LogP contribution in [-0.2, 0) is 11.8 Å². The molecular formula is C16H22ClNO5. The molecule has 0 saturated heterocycles. The summed E-state index contributed by atoms with van der Waals surface area (Å²) in [5.41, 5.74) is 4.78. The average molecular weight is 344 g/mol. The first-order valence-corrected chi connectivity index (χ1v) is 8.62. The lowest BCUT2D eigenvalue weighted by Gasteiger charge is -2.43. The minimum absolute atomic E-state index is 0.217. The highest BCUT2D eigenvalue weighted by molar-refractivity contribution is 5.49. The number of benzene rings is 1. The summed E-state index contributed by atoms with van der Waals surface area (Å²) in [6.45, 7) is 3.53. The van der Waals surface area contributed by atoms with Crippen molar-refractivity contribution in [1.82, 2.24) is 4.90 Å². The molecule has 1 atom stereocenters. The lowest BCUT2D eigenvalue weighted by Crippen LogP contribution is -2.58. The molecule has 1 aliphatic heterocycles. The summed E-state index contributed by atoms with van der Waals surface area (Å²) >= 11 is 0. The van der Waals surface area contributed by atoms with Gasteiger partial charge >= 0.3 is 0 Å². The number of ether oxygens (including phenoxy) is 1. The van der Waals surface area contributed by atoms with Gasteiger partial charge in [-0.3, -0.25) is 0 Å². The molecule has 6 nitrogen and oxygen atoms in total. The molecule has 0 fully saturated rings. The second-order valence-corrected chi connectivity index (χ2v) is 6.93. The van der Waals surface area contributed by atoms with E-state index in [1.165, 1.54) is 24.0 Å². The molecule has 2 aliphatic rings. The Balaban J connectivity index is 0.000000338. The van der Waals surface area contributed by atoms with Crippen LogP contribution < -0.4 is 18.7 Å². The highest BCUT2D eigenvalue weighted by Gasteiger charge is 2.38. The van der Waals surface area contributed by atoms with Crippen molar-refractivity contribution in [2.45, 2.75) is 31.6 Å². The molecule has 0 amide bonds. The average Bonchev–Trinajstić information content (AvgIpc) is 2.46. The summed E-state index contributed by atoms with van der Waals surface area (Å²) in [5.74, 6) is 0.982. The number of rotatable bonds is 1. The summed E-state index contributed by atoms with van der Waals surface area (Å²) in [6.07, 6.45) is 5.91. The van der Waals surface area contributed by atoms with Gasteiger partial charge in [-0.15, -0.1) is 0 Å². The number of hydrogen-bond donors (Lipinski definition) is 1. The van der Waals surface area contributed by atoms with Gasteiger partial charge in [-0.25, -0.2) is 0 Å². The Kier molecular flexibility index (Phi) is 5.23. The molecule has 1 aliphatic carbocycles. The van der Waals surface area contributed by atoms with Crippen LogP contribution in [0.2, 0.25) is 0 Å². The maximum Gasteiger partial charge on any atom is 0.119 e. The maximum atomic E-state index is 8.60. The Bertz CT molecular complexity index is 593. The normalized spacial score (nSPS) is 23.1. The van der Waals surface area contributed by atoms with E-state index < -0.39 is 10.2 Å². The molecule has 0 bridgehead atoms. The van der Waals surface area contributed by atoms with Crippen molar-refractivity contribution < 1.29 is 33.6 Å². The van der Waals surface area contributed by atoms with Gasteiger partial charge in [-0.05, 0) is 54.3 Å². The predicted octanol–water partition coefficient (Wildman–Crippen LogP) is -1.01. The molecule has 3 rings (SSSR count).